The molecule has 0 aliphatic heterocycles. The minimum absolute atomic E-state index is 0.0704. The van der Waals surface area contributed by atoms with Crippen LogP contribution in [-0.2, 0) is 10.7 Å². The van der Waals surface area contributed by atoms with E-state index in [0.29, 0.717) is 11.5 Å². The van der Waals surface area contributed by atoms with Crippen LogP contribution in [0, 0.1) is 0 Å². The molecule has 0 radical (unpaired) electrons. The van der Waals surface area contributed by atoms with Gasteiger partial charge in [0.25, 0.3) is 0 Å². The number of nitrogens with zero attached hydrogens (tertiary/aromatic N) is 1. The Morgan fingerprint density at radius 2 is 2.07 bits per heavy atom. The number of hydrogen-bond acceptors (Lipinski definition) is 3. The monoisotopic (exact) mass is 223 g/mol. The second-order valence-electron chi connectivity index (χ2n) is 3.12. The lowest BCUT2D eigenvalue weighted by molar-refractivity contribution is 0.424. The van der Waals surface area contributed by atoms with Gasteiger partial charge in [-0.2, -0.15) is 0 Å². The topological polar surface area (TPSA) is 63.3 Å². The maximum atomic E-state index is 10.6. The summed E-state index contributed by atoms with van der Waals surface area (Å²) in [6, 6.07) is 11.2. The molecule has 0 bridgehead atoms. The summed E-state index contributed by atoms with van der Waals surface area (Å²) in [5.41, 5.74) is 1.43. The van der Waals surface area contributed by atoms with Crippen molar-refractivity contribution in [3.63, 3.8) is 0 Å². The quantitative estimate of drug-likeness (QED) is 0.811. The van der Waals surface area contributed by atoms with Crippen LogP contribution >= 0.6 is 8.03 Å². The van der Waals surface area contributed by atoms with Crippen molar-refractivity contribution in [2.24, 2.45) is 0 Å². The molecule has 1 aromatic carbocycles. The van der Waals surface area contributed by atoms with Crippen LogP contribution in [0.25, 0.3) is 11.3 Å². The predicted octanol–water partition coefficient (Wildman–Crippen LogP) is 2.31. The summed E-state index contributed by atoms with van der Waals surface area (Å²) in [6.45, 7) is 0. The molecule has 1 N–H and O–H groups in total. The fourth-order valence-electron chi connectivity index (χ4n) is 1.29. The predicted molar refractivity (Wildman–Crippen MR) is 56.9 cm³/mol. The van der Waals surface area contributed by atoms with E-state index < -0.39 is 8.03 Å². The van der Waals surface area contributed by atoms with E-state index in [0.717, 1.165) is 5.56 Å². The van der Waals surface area contributed by atoms with Crippen LogP contribution < -0.4 is 0 Å². The van der Waals surface area contributed by atoms with Gasteiger partial charge < -0.3 is 9.42 Å². The second kappa shape index (κ2) is 4.43. The lowest BCUT2D eigenvalue weighted by Gasteiger charge is -1.91. The molecule has 4 nitrogen and oxygen atoms in total. The van der Waals surface area contributed by atoms with Gasteiger partial charge in [-0.3, -0.25) is 4.57 Å². The Kier molecular flexibility index (Phi) is 2.99. The number of benzene rings is 1. The molecule has 1 atom stereocenters. The van der Waals surface area contributed by atoms with Crippen LogP contribution in [0.1, 0.15) is 5.69 Å². The van der Waals surface area contributed by atoms with Gasteiger partial charge in [-0.1, -0.05) is 35.5 Å². The molecule has 78 valence electrons. The maximum Gasteiger partial charge on any atom is 0.195 e. The summed E-state index contributed by atoms with van der Waals surface area (Å²) in [5.74, 6) is 0.619. The molecular formula is C10H10NO3P. The van der Waals surface area contributed by atoms with Crippen LogP contribution in [0.2, 0.25) is 0 Å². The first-order valence-electron chi connectivity index (χ1n) is 4.48. The van der Waals surface area contributed by atoms with E-state index >= 15 is 0 Å². The molecule has 2 aromatic rings. The molecule has 2 rings (SSSR count). The highest BCUT2D eigenvalue weighted by Crippen LogP contribution is 2.25. The van der Waals surface area contributed by atoms with Gasteiger partial charge in [-0.15, -0.1) is 0 Å². The molecule has 15 heavy (non-hydrogen) atoms. The van der Waals surface area contributed by atoms with Crippen molar-refractivity contribution in [1.82, 2.24) is 5.16 Å². The Hall–Kier alpha value is -1.38. The van der Waals surface area contributed by atoms with Gasteiger partial charge in [0.1, 0.15) is 0 Å². The molecule has 5 heteroatoms. The Morgan fingerprint density at radius 1 is 1.33 bits per heavy atom. The number of hydrogen-bond donors (Lipinski definition) is 1. The fourth-order valence-corrected chi connectivity index (χ4v) is 1.77. The van der Waals surface area contributed by atoms with Crippen LogP contribution in [0.5, 0.6) is 0 Å². The summed E-state index contributed by atoms with van der Waals surface area (Å²) in [6.07, 6.45) is 0.0704. The minimum atomic E-state index is -2.53. The molecule has 1 heterocycles. The summed E-state index contributed by atoms with van der Waals surface area (Å²) >= 11 is 0. The summed E-state index contributed by atoms with van der Waals surface area (Å²) in [7, 11) is -2.53. The average molecular weight is 223 g/mol. The van der Waals surface area contributed by atoms with Gasteiger partial charge in [0.2, 0.25) is 0 Å². The molecule has 0 saturated heterocycles. The third-order valence-corrected chi connectivity index (χ3v) is 2.61. The van der Waals surface area contributed by atoms with E-state index in [9.17, 15) is 4.57 Å². The number of aromatic nitrogens is 1. The third kappa shape index (κ3) is 2.55. The molecule has 0 spiro atoms. The van der Waals surface area contributed by atoms with E-state index in [1.807, 2.05) is 30.3 Å². The first kappa shape index (κ1) is 10.1. The third-order valence-electron chi connectivity index (χ3n) is 1.95. The highest BCUT2D eigenvalue weighted by Gasteiger charge is 2.07. The van der Waals surface area contributed by atoms with Crippen molar-refractivity contribution < 1.29 is 14.0 Å². The fraction of sp³-hybridized carbons (Fsp3) is 0.100. The highest BCUT2D eigenvalue weighted by atomic mass is 31.1. The van der Waals surface area contributed by atoms with E-state index in [1.54, 1.807) is 6.07 Å². The van der Waals surface area contributed by atoms with Crippen molar-refractivity contribution >= 4 is 8.03 Å². The van der Waals surface area contributed by atoms with Gasteiger partial charge in [-0.25, -0.2) is 0 Å². The van der Waals surface area contributed by atoms with Gasteiger partial charge in [0.05, 0.1) is 11.9 Å². The van der Waals surface area contributed by atoms with Gasteiger partial charge >= 0.3 is 0 Å². The standard InChI is InChI=1S/C10H10NO3P/c12-15(13)7-9-6-10(14-11-9)8-4-2-1-3-5-8/h1-6,15H,7H2,(H,12,13). The molecule has 0 amide bonds. The van der Waals surface area contributed by atoms with E-state index in [1.165, 1.54) is 0 Å². The first-order chi connectivity index (χ1) is 7.25. The normalized spacial score (nSPS) is 12.6. The molecule has 1 unspecified atom stereocenters. The molecular weight excluding hydrogens is 213 g/mol. The summed E-state index contributed by atoms with van der Waals surface area (Å²) in [5, 5.41) is 3.72. The Balaban J connectivity index is 2.24. The molecule has 0 saturated carbocycles. The van der Waals surface area contributed by atoms with Gasteiger partial charge in [0.15, 0.2) is 13.8 Å². The average Bonchev–Trinajstić information content (AvgIpc) is 2.67. The second-order valence-corrected chi connectivity index (χ2v) is 4.26. The summed E-state index contributed by atoms with van der Waals surface area (Å²) in [4.78, 5) is 8.75. The lowest BCUT2D eigenvalue weighted by atomic mass is 10.2. The van der Waals surface area contributed by atoms with Crippen molar-refractivity contribution in [3.05, 3.63) is 42.1 Å². The van der Waals surface area contributed by atoms with E-state index in [4.69, 9.17) is 9.42 Å². The Labute approximate surface area is 87.4 Å². The van der Waals surface area contributed by atoms with Crippen LogP contribution in [-0.4, -0.2) is 10.1 Å². The zero-order chi connectivity index (χ0) is 10.7. The molecule has 0 aliphatic carbocycles. The maximum absolute atomic E-state index is 10.6. The Bertz CT molecular complexity index is 467. The first-order valence-corrected chi connectivity index (χ1v) is 6.05. The van der Waals surface area contributed by atoms with E-state index in [-0.39, 0.29) is 6.16 Å². The minimum Gasteiger partial charge on any atom is -0.356 e. The molecule has 0 fully saturated rings. The smallest absolute Gasteiger partial charge is 0.195 e. The van der Waals surface area contributed by atoms with Crippen LogP contribution in [0.3, 0.4) is 0 Å². The summed E-state index contributed by atoms with van der Waals surface area (Å²) < 4.78 is 15.7. The van der Waals surface area contributed by atoms with Crippen LogP contribution in [0.15, 0.2) is 40.9 Å². The zero-order valence-corrected chi connectivity index (χ0v) is 8.88. The van der Waals surface area contributed by atoms with Gasteiger partial charge in [-0.05, 0) is 0 Å². The lowest BCUT2D eigenvalue weighted by Crippen LogP contribution is -1.76. The van der Waals surface area contributed by atoms with Crippen molar-refractivity contribution in [2.45, 2.75) is 6.16 Å². The van der Waals surface area contributed by atoms with E-state index in [2.05, 4.69) is 5.16 Å². The van der Waals surface area contributed by atoms with Crippen molar-refractivity contribution in [2.75, 3.05) is 0 Å². The number of rotatable bonds is 3. The zero-order valence-electron chi connectivity index (χ0n) is 7.88. The largest absolute Gasteiger partial charge is 0.356 e. The highest BCUT2D eigenvalue weighted by molar-refractivity contribution is 7.37. The SMILES string of the molecule is O=[PH](O)Cc1cc(-c2ccccc2)on1. The Morgan fingerprint density at radius 3 is 2.73 bits per heavy atom. The molecule has 1 aromatic heterocycles. The van der Waals surface area contributed by atoms with Crippen molar-refractivity contribution in [1.29, 1.82) is 0 Å². The van der Waals surface area contributed by atoms with Gasteiger partial charge in [0, 0.05) is 11.6 Å². The van der Waals surface area contributed by atoms with Crippen molar-refractivity contribution in [3.8, 4) is 11.3 Å². The molecule has 0 aliphatic rings. The van der Waals surface area contributed by atoms with Crippen LogP contribution in [0.4, 0.5) is 0 Å².